The van der Waals surface area contributed by atoms with Crippen molar-refractivity contribution in [3.63, 3.8) is 0 Å². The zero-order chi connectivity index (χ0) is 12.5. The smallest absolute Gasteiger partial charge is 0.225 e. The maximum absolute atomic E-state index is 11.8. The van der Waals surface area contributed by atoms with Crippen molar-refractivity contribution in [3.05, 3.63) is 65.2 Å². The van der Waals surface area contributed by atoms with Gasteiger partial charge >= 0.3 is 0 Å². The van der Waals surface area contributed by atoms with Gasteiger partial charge in [-0.05, 0) is 17.2 Å². The Kier molecular flexibility index (Phi) is 2.52. The summed E-state index contributed by atoms with van der Waals surface area (Å²) in [5.41, 5.74) is 9.88. The van der Waals surface area contributed by atoms with Crippen LogP contribution in [-0.4, -0.2) is 5.91 Å². The van der Waals surface area contributed by atoms with E-state index in [4.69, 9.17) is 5.73 Å². The molecule has 1 aliphatic rings. The summed E-state index contributed by atoms with van der Waals surface area (Å²) in [5.74, 6) is 0.0435. The quantitative estimate of drug-likeness (QED) is 0.747. The second-order valence-corrected chi connectivity index (χ2v) is 4.51. The third-order valence-corrected chi connectivity index (χ3v) is 3.33. The van der Waals surface area contributed by atoms with Gasteiger partial charge in [0.1, 0.15) is 0 Å². The zero-order valence-electron chi connectivity index (χ0n) is 9.89. The first-order valence-corrected chi connectivity index (χ1v) is 5.97. The van der Waals surface area contributed by atoms with Crippen LogP contribution in [0.15, 0.2) is 48.5 Å². The molecule has 0 bridgehead atoms. The largest absolute Gasteiger partial charge is 0.398 e. The molecule has 2 aromatic carbocycles. The molecule has 0 spiro atoms. The van der Waals surface area contributed by atoms with Crippen LogP contribution in [0.1, 0.15) is 22.7 Å². The standard InChI is InChI=1S/C15H14N2O/c16-13-8-4-3-7-12(13)15-11-6-2-1-5-10(11)9-14(18)17-15/h1-8,15H,9,16H2,(H,17,18). The minimum absolute atomic E-state index is 0.0435. The number of anilines is 1. The molecule has 0 aromatic heterocycles. The number of hydrogen-bond donors (Lipinski definition) is 2. The highest BCUT2D eigenvalue weighted by Gasteiger charge is 2.26. The Hall–Kier alpha value is -2.29. The second kappa shape index (κ2) is 4.18. The average Bonchev–Trinajstić information content (AvgIpc) is 2.38. The van der Waals surface area contributed by atoms with Gasteiger partial charge in [0.15, 0.2) is 0 Å². The van der Waals surface area contributed by atoms with E-state index in [1.807, 2.05) is 48.5 Å². The average molecular weight is 238 g/mol. The maximum atomic E-state index is 11.8. The van der Waals surface area contributed by atoms with Gasteiger partial charge in [-0.15, -0.1) is 0 Å². The van der Waals surface area contributed by atoms with Crippen molar-refractivity contribution in [2.75, 3.05) is 5.73 Å². The fourth-order valence-corrected chi connectivity index (χ4v) is 2.46. The summed E-state index contributed by atoms with van der Waals surface area (Å²) in [4.78, 5) is 11.8. The number of fused-ring (bicyclic) bond motifs is 1. The van der Waals surface area contributed by atoms with E-state index in [0.29, 0.717) is 12.1 Å². The van der Waals surface area contributed by atoms with Crippen molar-refractivity contribution in [1.29, 1.82) is 0 Å². The Morgan fingerprint density at radius 1 is 1.00 bits per heavy atom. The van der Waals surface area contributed by atoms with Crippen LogP contribution in [0.3, 0.4) is 0 Å². The summed E-state index contributed by atoms with van der Waals surface area (Å²) in [5, 5.41) is 3.01. The van der Waals surface area contributed by atoms with E-state index >= 15 is 0 Å². The molecule has 3 rings (SSSR count). The van der Waals surface area contributed by atoms with Crippen molar-refractivity contribution < 1.29 is 4.79 Å². The lowest BCUT2D eigenvalue weighted by Crippen LogP contribution is -2.36. The predicted octanol–water partition coefficient (Wildman–Crippen LogP) is 2.03. The van der Waals surface area contributed by atoms with Gasteiger partial charge < -0.3 is 11.1 Å². The molecule has 0 aliphatic carbocycles. The molecule has 1 amide bonds. The van der Waals surface area contributed by atoms with Crippen LogP contribution in [-0.2, 0) is 11.2 Å². The maximum Gasteiger partial charge on any atom is 0.225 e. The van der Waals surface area contributed by atoms with Gasteiger partial charge in [0.05, 0.1) is 12.5 Å². The molecule has 1 unspecified atom stereocenters. The fourth-order valence-electron chi connectivity index (χ4n) is 2.46. The van der Waals surface area contributed by atoms with Crippen molar-refractivity contribution in [2.45, 2.75) is 12.5 Å². The molecule has 90 valence electrons. The number of benzene rings is 2. The minimum Gasteiger partial charge on any atom is -0.398 e. The SMILES string of the molecule is Nc1ccccc1C1NC(=O)Cc2ccccc21. The van der Waals surface area contributed by atoms with Crippen LogP contribution >= 0.6 is 0 Å². The van der Waals surface area contributed by atoms with Crippen molar-refractivity contribution in [2.24, 2.45) is 0 Å². The number of nitrogens with one attached hydrogen (secondary N) is 1. The third-order valence-electron chi connectivity index (χ3n) is 3.33. The van der Waals surface area contributed by atoms with E-state index in [-0.39, 0.29) is 11.9 Å². The van der Waals surface area contributed by atoms with Crippen molar-refractivity contribution in [1.82, 2.24) is 5.32 Å². The van der Waals surface area contributed by atoms with Crippen LogP contribution in [0.25, 0.3) is 0 Å². The van der Waals surface area contributed by atoms with Crippen LogP contribution < -0.4 is 11.1 Å². The van der Waals surface area contributed by atoms with Gasteiger partial charge in [-0.3, -0.25) is 4.79 Å². The summed E-state index contributed by atoms with van der Waals surface area (Å²) < 4.78 is 0. The molecule has 0 fully saturated rings. The number of amides is 1. The Balaban J connectivity index is 2.13. The Labute approximate surface area is 106 Å². The molecular formula is C15H14N2O. The lowest BCUT2D eigenvalue weighted by atomic mass is 9.89. The van der Waals surface area contributed by atoms with E-state index in [0.717, 1.165) is 16.7 Å². The highest BCUT2D eigenvalue weighted by Crippen LogP contribution is 2.31. The van der Waals surface area contributed by atoms with E-state index in [1.54, 1.807) is 0 Å². The number of nitrogens with two attached hydrogens (primary N) is 1. The summed E-state index contributed by atoms with van der Waals surface area (Å²) in [6.45, 7) is 0. The lowest BCUT2D eigenvalue weighted by molar-refractivity contribution is -0.121. The van der Waals surface area contributed by atoms with E-state index in [9.17, 15) is 4.79 Å². The monoisotopic (exact) mass is 238 g/mol. The number of para-hydroxylation sites is 1. The molecule has 1 aliphatic heterocycles. The van der Waals surface area contributed by atoms with Gasteiger partial charge in [-0.1, -0.05) is 42.5 Å². The van der Waals surface area contributed by atoms with Crippen LogP contribution in [0.4, 0.5) is 5.69 Å². The zero-order valence-corrected chi connectivity index (χ0v) is 9.89. The van der Waals surface area contributed by atoms with Crippen molar-refractivity contribution >= 4 is 11.6 Å². The first kappa shape index (κ1) is 10.8. The number of rotatable bonds is 1. The first-order chi connectivity index (χ1) is 8.75. The number of carbonyl (C=O) groups is 1. The highest BCUT2D eigenvalue weighted by molar-refractivity contribution is 5.82. The molecule has 18 heavy (non-hydrogen) atoms. The van der Waals surface area contributed by atoms with Gasteiger partial charge in [-0.2, -0.15) is 0 Å². The molecular weight excluding hydrogens is 224 g/mol. The summed E-state index contributed by atoms with van der Waals surface area (Å²) >= 11 is 0. The highest BCUT2D eigenvalue weighted by atomic mass is 16.1. The van der Waals surface area contributed by atoms with Crippen LogP contribution in [0, 0.1) is 0 Å². The van der Waals surface area contributed by atoms with Gasteiger partial charge in [0.2, 0.25) is 5.91 Å². The van der Waals surface area contributed by atoms with Crippen molar-refractivity contribution in [3.8, 4) is 0 Å². The molecule has 3 nitrogen and oxygen atoms in total. The fraction of sp³-hybridized carbons (Fsp3) is 0.133. The topological polar surface area (TPSA) is 55.1 Å². The molecule has 0 radical (unpaired) electrons. The number of carbonyl (C=O) groups excluding carboxylic acids is 1. The number of nitrogen functional groups attached to an aromatic ring is 1. The number of hydrogen-bond acceptors (Lipinski definition) is 2. The predicted molar refractivity (Wildman–Crippen MR) is 71.0 cm³/mol. The first-order valence-electron chi connectivity index (χ1n) is 5.97. The normalized spacial score (nSPS) is 18.0. The Morgan fingerprint density at radius 3 is 2.44 bits per heavy atom. The lowest BCUT2D eigenvalue weighted by Gasteiger charge is -2.27. The summed E-state index contributed by atoms with van der Waals surface area (Å²) in [6, 6.07) is 15.5. The molecule has 2 aromatic rings. The molecule has 1 atom stereocenters. The van der Waals surface area contributed by atoms with Gasteiger partial charge in [0.25, 0.3) is 0 Å². The third kappa shape index (κ3) is 1.74. The summed E-state index contributed by atoms with van der Waals surface area (Å²) in [6.07, 6.45) is 0.444. The molecule has 0 saturated carbocycles. The Morgan fingerprint density at radius 2 is 1.67 bits per heavy atom. The second-order valence-electron chi connectivity index (χ2n) is 4.51. The Bertz CT molecular complexity index is 607. The molecule has 3 N–H and O–H groups in total. The molecule has 0 saturated heterocycles. The van der Waals surface area contributed by atoms with Crippen LogP contribution in [0.5, 0.6) is 0 Å². The van der Waals surface area contributed by atoms with E-state index < -0.39 is 0 Å². The van der Waals surface area contributed by atoms with E-state index in [1.165, 1.54) is 0 Å². The molecule has 1 heterocycles. The molecule has 3 heteroatoms. The van der Waals surface area contributed by atoms with Gasteiger partial charge in [0, 0.05) is 11.3 Å². The van der Waals surface area contributed by atoms with Gasteiger partial charge in [-0.25, -0.2) is 0 Å². The van der Waals surface area contributed by atoms with E-state index in [2.05, 4.69) is 5.32 Å². The van der Waals surface area contributed by atoms with Crippen LogP contribution in [0.2, 0.25) is 0 Å². The minimum atomic E-state index is -0.136. The summed E-state index contributed by atoms with van der Waals surface area (Å²) in [7, 11) is 0.